The van der Waals surface area contributed by atoms with E-state index in [4.69, 9.17) is 16.7 Å². The maximum absolute atomic E-state index is 12.2. The molecular formula is C12H10BrClN2O3S. The van der Waals surface area contributed by atoms with Crippen molar-refractivity contribution < 1.29 is 13.5 Å². The monoisotopic (exact) mass is 376 g/mol. The number of benzene rings is 1. The normalized spacial score (nSPS) is 11.3. The average molecular weight is 378 g/mol. The second kappa shape index (κ2) is 6.09. The zero-order valence-electron chi connectivity index (χ0n) is 10.0. The van der Waals surface area contributed by atoms with E-state index in [-0.39, 0.29) is 16.5 Å². The first kappa shape index (κ1) is 15.2. The summed E-state index contributed by atoms with van der Waals surface area (Å²) in [5, 5.41) is 9.22. The second-order valence-electron chi connectivity index (χ2n) is 3.87. The smallest absolute Gasteiger partial charge is 0.261 e. The van der Waals surface area contributed by atoms with Crippen molar-refractivity contribution in [2.45, 2.75) is 11.5 Å². The molecule has 0 aliphatic heterocycles. The molecule has 1 aromatic heterocycles. The van der Waals surface area contributed by atoms with Gasteiger partial charge in [-0.2, -0.15) is 0 Å². The largest absolute Gasteiger partial charge is 0.392 e. The van der Waals surface area contributed by atoms with Gasteiger partial charge in [0.2, 0.25) is 0 Å². The number of aliphatic hydroxyl groups excluding tert-OH is 1. The molecule has 8 heteroatoms. The Kier molecular flexibility index (Phi) is 4.64. The molecule has 2 N–H and O–H groups in total. The predicted octanol–water partition coefficient (Wildman–Crippen LogP) is 2.79. The number of nitrogens with zero attached hydrogens (tertiary/aromatic N) is 1. The summed E-state index contributed by atoms with van der Waals surface area (Å²) in [5.41, 5.74) is 0.845. The molecule has 0 bridgehead atoms. The lowest BCUT2D eigenvalue weighted by Crippen LogP contribution is -2.13. The number of aromatic nitrogens is 1. The molecule has 0 atom stereocenters. The minimum absolute atomic E-state index is 0.0170. The van der Waals surface area contributed by atoms with Crippen molar-refractivity contribution >= 4 is 43.2 Å². The van der Waals surface area contributed by atoms with Crippen molar-refractivity contribution in [2.75, 3.05) is 4.72 Å². The SMILES string of the molecule is O=S(=O)(Nc1ccncc1Br)c1ccc(CO)c(Cl)c1. The number of anilines is 1. The Labute approximate surface area is 129 Å². The Morgan fingerprint density at radius 2 is 2.10 bits per heavy atom. The predicted molar refractivity (Wildman–Crippen MR) is 80.1 cm³/mol. The molecule has 2 aromatic rings. The van der Waals surface area contributed by atoms with Gasteiger partial charge in [0.25, 0.3) is 10.0 Å². The molecule has 1 heterocycles. The van der Waals surface area contributed by atoms with Gasteiger partial charge in [-0.15, -0.1) is 0 Å². The summed E-state index contributed by atoms with van der Waals surface area (Å²) >= 11 is 9.11. The van der Waals surface area contributed by atoms with Crippen LogP contribution in [0.25, 0.3) is 0 Å². The Morgan fingerprint density at radius 1 is 1.35 bits per heavy atom. The Bertz CT molecular complexity index is 737. The number of aliphatic hydroxyl groups is 1. The number of rotatable bonds is 4. The van der Waals surface area contributed by atoms with E-state index in [9.17, 15) is 8.42 Å². The van der Waals surface area contributed by atoms with Gasteiger partial charge in [-0.05, 0) is 39.7 Å². The molecule has 2 rings (SSSR count). The van der Waals surface area contributed by atoms with Crippen LogP contribution in [-0.4, -0.2) is 18.5 Å². The third kappa shape index (κ3) is 3.29. The molecule has 5 nitrogen and oxygen atoms in total. The van der Waals surface area contributed by atoms with Crippen LogP contribution in [0.5, 0.6) is 0 Å². The number of halogens is 2. The van der Waals surface area contributed by atoms with Gasteiger partial charge in [-0.1, -0.05) is 17.7 Å². The zero-order chi connectivity index (χ0) is 14.8. The lowest BCUT2D eigenvalue weighted by molar-refractivity contribution is 0.282. The second-order valence-corrected chi connectivity index (χ2v) is 6.82. The van der Waals surface area contributed by atoms with Gasteiger partial charge in [-0.25, -0.2) is 8.42 Å². The average Bonchev–Trinajstić information content (AvgIpc) is 2.41. The molecule has 20 heavy (non-hydrogen) atoms. The molecule has 0 saturated heterocycles. The van der Waals surface area contributed by atoms with E-state index in [2.05, 4.69) is 25.6 Å². The fourth-order valence-corrected chi connectivity index (χ4v) is 3.38. The summed E-state index contributed by atoms with van der Waals surface area (Å²) in [5.74, 6) is 0. The number of pyridine rings is 1. The van der Waals surface area contributed by atoms with Crippen LogP contribution in [0.3, 0.4) is 0 Å². The van der Waals surface area contributed by atoms with Crippen molar-refractivity contribution in [1.82, 2.24) is 4.98 Å². The maximum Gasteiger partial charge on any atom is 0.261 e. The molecule has 1 aromatic carbocycles. The van der Waals surface area contributed by atoms with Gasteiger partial charge < -0.3 is 5.11 Å². The van der Waals surface area contributed by atoms with Crippen LogP contribution in [0.15, 0.2) is 46.0 Å². The summed E-state index contributed by atoms with van der Waals surface area (Å²) in [6.45, 7) is -0.248. The quantitative estimate of drug-likeness (QED) is 0.858. The van der Waals surface area contributed by atoms with Crippen LogP contribution in [0.2, 0.25) is 5.02 Å². The fourth-order valence-electron chi connectivity index (χ4n) is 1.49. The van der Waals surface area contributed by atoms with Gasteiger partial charge in [0.1, 0.15) is 0 Å². The van der Waals surface area contributed by atoms with E-state index in [1.807, 2.05) is 0 Å². The number of hydrogen-bond donors (Lipinski definition) is 2. The van der Waals surface area contributed by atoms with Gasteiger partial charge in [-0.3, -0.25) is 9.71 Å². The van der Waals surface area contributed by atoms with E-state index in [0.717, 1.165) is 0 Å². The topological polar surface area (TPSA) is 79.3 Å². The van der Waals surface area contributed by atoms with Crippen LogP contribution >= 0.6 is 27.5 Å². The van der Waals surface area contributed by atoms with Crippen molar-refractivity contribution in [1.29, 1.82) is 0 Å². The summed E-state index contributed by atoms with van der Waals surface area (Å²) in [6, 6.07) is 5.68. The summed E-state index contributed by atoms with van der Waals surface area (Å²) in [6.07, 6.45) is 2.96. The van der Waals surface area contributed by atoms with Crippen LogP contribution in [0.1, 0.15) is 5.56 Å². The summed E-state index contributed by atoms with van der Waals surface area (Å²) in [7, 11) is -3.76. The third-order valence-corrected chi connectivity index (χ3v) is 4.87. The van der Waals surface area contributed by atoms with E-state index >= 15 is 0 Å². The molecule has 0 amide bonds. The van der Waals surface area contributed by atoms with Crippen LogP contribution in [0.4, 0.5) is 5.69 Å². The number of nitrogens with one attached hydrogen (secondary N) is 1. The van der Waals surface area contributed by atoms with E-state index in [1.54, 1.807) is 0 Å². The highest BCUT2D eigenvalue weighted by molar-refractivity contribution is 9.10. The van der Waals surface area contributed by atoms with Gasteiger partial charge in [0.05, 0.1) is 21.7 Å². The summed E-state index contributed by atoms with van der Waals surface area (Å²) < 4.78 is 27.4. The van der Waals surface area contributed by atoms with Gasteiger partial charge in [0.15, 0.2) is 0 Å². The molecule has 106 valence electrons. The van der Waals surface area contributed by atoms with Crippen molar-refractivity contribution in [3.8, 4) is 0 Å². The molecule has 0 fully saturated rings. The Hall–Kier alpha value is -1.15. The molecule has 0 radical (unpaired) electrons. The van der Waals surface area contributed by atoms with Crippen molar-refractivity contribution in [3.05, 3.63) is 51.7 Å². The van der Waals surface area contributed by atoms with E-state index in [0.29, 0.717) is 15.7 Å². The maximum atomic E-state index is 12.2. The first-order valence-corrected chi connectivity index (χ1v) is 8.11. The van der Waals surface area contributed by atoms with Crippen molar-refractivity contribution in [3.63, 3.8) is 0 Å². The number of sulfonamides is 1. The van der Waals surface area contributed by atoms with Crippen LogP contribution in [0, 0.1) is 0 Å². The molecule has 0 saturated carbocycles. The van der Waals surface area contributed by atoms with Crippen molar-refractivity contribution in [2.24, 2.45) is 0 Å². The summed E-state index contributed by atoms with van der Waals surface area (Å²) in [4.78, 5) is 3.87. The molecular weight excluding hydrogens is 368 g/mol. The highest BCUT2D eigenvalue weighted by atomic mass is 79.9. The van der Waals surface area contributed by atoms with Gasteiger partial charge >= 0.3 is 0 Å². The standard InChI is InChI=1S/C12H10BrClN2O3S/c13-10-6-15-4-3-12(10)16-20(18,19)9-2-1-8(7-17)11(14)5-9/h1-6,17H,7H2,(H,15,16). The fraction of sp³-hybridized carbons (Fsp3) is 0.0833. The number of hydrogen-bond acceptors (Lipinski definition) is 4. The minimum Gasteiger partial charge on any atom is -0.392 e. The zero-order valence-corrected chi connectivity index (χ0v) is 13.2. The Balaban J connectivity index is 2.36. The highest BCUT2D eigenvalue weighted by Gasteiger charge is 2.17. The van der Waals surface area contributed by atoms with Crippen LogP contribution in [-0.2, 0) is 16.6 Å². The van der Waals surface area contributed by atoms with E-state index < -0.39 is 10.0 Å². The Morgan fingerprint density at radius 3 is 2.70 bits per heavy atom. The lowest BCUT2D eigenvalue weighted by Gasteiger charge is -2.10. The highest BCUT2D eigenvalue weighted by Crippen LogP contribution is 2.26. The van der Waals surface area contributed by atoms with Crippen LogP contribution < -0.4 is 4.72 Å². The minimum atomic E-state index is -3.76. The lowest BCUT2D eigenvalue weighted by atomic mass is 10.2. The first-order valence-electron chi connectivity index (χ1n) is 5.45. The molecule has 0 aliphatic carbocycles. The first-order chi connectivity index (χ1) is 9.44. The molecule has 0 spiro atoms. The van der Waals surface area contributed by atoms with Gasteiger partial charge in [0, 0.05) is 17.4 Å². The third-order valence-electron chi connectivity index (χ3n) is 2.52. The molecule has 0 aliphatic rings. The molecule has 0 unspecified atom stereocenters. The van der Waals surface area contributed by atoms with E-state index in [1.165, 1.54) is 36.7 Å².